The predicted molar refractivity (Wildman–Crippen MR) is 89.0 cm³/mol. The number of hydrogen-bond donors (Lipinski definition) is 0. The van der Waals surface area contributed by atoms with Crippen LogP contribution in [0.4, 0.5) is 0 Å². The molecular formula is C20H20O3. The molecule has 0 saturated carbocycles. The van der Waals surface area contributed by atoms with Gasteiger partial charge in [0.25, 0.3) is 0 Å². The van der Waals surface area contributed by atoms with Crippen molar-refractivity contribution in [2.45, 2.75) is 33.1 Å². The predicted octanol–water partition coefficient (Wildman–Crippen LogP) is 3.83. The lowest BCUT2D eigenvalue weighted by Gasteiger charge is -2.08. The molecule has 0 aromatic heterocycles. The third-order valence-electron chi connectivity index (χ3n) is 4.36. The van der Waals surface area contributed by atoms with E-state index >= 15 is 0 Å². The third-order valence-corrected chi connectivity index (χ3v) is 4.36. The molecule has 0 bridgehead atoms. The molecule has 0 spiro atoms. The first kappa shape index (κ1) is 15.5. The van der Waals surface area contributed by atoms with E-state index in [1.54, 1.807) is 6.07 Å². The summed E-state index contributed by atoms with van der Waals surface area (Å²) in [6.45, 7) is 3.62. The van der Waals surface area contributed by atoms with E-state index in [0.29, 0.717) is 11.1 Å². The Morgan fingerprint density at radius 2 is 1.78 bits per heavy atom. The average Bonchev–Trinajstić information content (AvgIpc) is 2.99. The highest BCUT2D eigenvalue weighted by Gasteiger charge is 2.16. The van der Waals surface area contributed by atoms with Gasteiger partial charge in [-0.25, -0.2) is 4.79 Å². The first-order valence-electron chi connectivity index (χ1n) is 7.94. The van der Waals surface area contributed by atoms with E-state index in [2.05, 4.69) is 0 Å². The maximum absolute atomic E-state index is 12.2. The van der Waals surface area contributed by atoms with Gasteiger partial charge >= 0.3 is 5.97 Å². The Bertz CT molecular complexity index is 774. The minimum atomic E-state index is -0.447. The first-order valence-corrected chi connectivity index (χ1v) is 7.94. The molecule has 0 saturated heterocycles. The van der Waals surface area contributed by atoms with Crippen molar-refractivity contribution in [2.75, 3.05) is 6.61 Å². The monoisotopic (exact) mass is 308 g/mol. The smallest absolute Gasteiger partial charge is 0.338 e. The van der Waals surface area contributed by atoms with Gasteiger partial charge in [-0.05, 0) is 61.9 Å². The molecule has 1 aliphatic rings. The number of hydrogen-bond acceptors (Lipinski definition) is 3. The van der Waals surface area contributed by atoms with Crippen molar-refractivity contribution >= 4 is 11.8 Å². The van der Waals surface area contributed by atoms with E-state index in [9.17, 15) is 9.59 Å². The van der Waals surface area contributed by atoms with Crippen LogP contribution in [0.25, 0.3) is 0 Å². The molecular weight excluding hydrogens is 288 g/mol. The number of Topliss-reactive ketones (excluding diaryl/α,β-unsaturated/α-hetero) is 1. The Morgan fingerprint density at radius 3 is 2.57 bits per heavy atom. The second-order valence-electron chi connectivity index (χ2n) is 6.15. The van der Waals surface area contributed by atoms with Crippen LogP contribution >= 0.6 is 0 Å². The molecule has 0 heterocycles. The van der Waals surface area contributed by atoms with E-state index in [0.717, 1.165) is 30.4 Å². The van der Waals surface area contributed by atoms with Crippen molar-refractivity contribution in [3.05, 3.63) is 69.8 Å². The Labute approximate surface area is 136 Å². The molecule has 23 heavy (non-hydrogen) atoms. The summed E-state index contributed by atoms with van der Waals surface area (Å²) in [6.07, 6.45) is 3.26. The van der Waals surface area contributed by atoms with Gasteiger partial charge in [0.1, 0.15) is 0 Å². The normalized spacial score (nSPS) is 12.8. The standard InChI is InChI=1S/C20H20O3/c1-13-6-9-18(14(2)10-13)20(22)23-12-19(21)17-8-7-15-4-3-5-16(15)11-17/h6-11H,3-5,12H2,1-2H3. The van der Waals surface area contributed by atoms with Gasteiger partial charge in [-0.2, -0.15) is 0 Å². The zero-order chi connectivity index (χ0) is 16.4. The summed E-state index contributed by atoms with van der Waals surface area (Å²) in [4.78, 5) is 24.4. The quantitative estimate of drug-likeness (QED) is 0.637. The van der Waals surface area contributed by atoms with Crippen molar-refractivity contribution in [3.8, 4) is 0 Å². The van der Waals surface area contributed by atoms with Crippen molar-refractivity contribution < 1.29 is 14.3 Å². The number of esters is 1. The van der Waals surface area contributed by atoms with Gasteiger partial charge in [-0.1, -0.05) is 29.8 Å². The largest absolute Gasteiger partial charge is 0.454 e. The Hall–Kier alpha value is -2.42. The van der Waals surface area contributed by atoms with Gasteiger partial charge in [0, 0.05) is 5.56 Å². The summed E-state index contributed by atoms with van der Waals surface area (Å²) >= 11 is 0. The highest BCUT2D eigenvalue weighted by molar-refractivity contribution is 5.99. The minimum Gasteiger partial charge on any atom is -0.454 e. The van der Waals surface area contributed by atoms with Crippen LogP contribution in [0.3, 0.4) is 0 Å². The summed E-state index contributed by atoms with van der Waals surface area (Å²) in [6, 6.07) is 11.3. The molecule has 1 aliphatic carbocycles. The van der Waals surface area contributed by atoms with Gasteiger partial charge in [0.05, 0.1) is 5.56 Å². The lowest BCUT2D eigenvalue weighted by Crippen LogP contribution is -2.15. The fourth-order valence-corrected chi connectivity index (χ4v) is 3.08. The zero-order valence-electron chi connectivity index (χ0n) is 13.5. The van der Waals surface area contributed by atoms with E-state index < -0.39 is 5.97 Å². The number of aryl methyl sites for hydroxylation is 4. The number of fused-ring (bicyclic) bond motifs is 1. The summed E-state index contributed by atoms with van der Waals surface area (Å²) < 4.78 is 5.20. The molecule has 0 fully saturated rings. The second kappa shape index (κ2) is 6.37. The van der Waals surface area contributed by atoms with Gasteiger partial charge in [-0.15, -0.1) is 0 Å². The maximum atomic E-state index is 12.2. The Kier molecular flexibility index (Phi) is 4.28. The number of rotatable bonds is 4. The lowest BCUT2D eigenvalue weighted by atomic mass is 10.0. The van der Waals surface area contributed by atoms with E-state index in [-0.39, 0.29) is 12.4 Å². The summed E-state index contributed by atoms with van der Waals surface area (Å²) in [5.74, 6) is -0.602. The van der Waals surface area contributed by atoms with Crippen LogP contribution in [0, 0.1) is 13.8 Å². The van der Waals surface area contributed by atoms with Crippen molar-refractivity contribution in [1.29, 1.82) is 0 Å². The molecule has 0 unspecified atom stereocenters. The van der Waals surface area contributed by atoms with Crippen LogP contribution in [-0.4, -0.2) is 18.4 Å². The Balaban J connectivity index is 1.65. The van der Waals surface area contributed by atoms with Crippen molar-refractivity contribution in [3.63, 3.8) is 0 Å². The SMILES string of the molecule is Cc1ccc(C(=O)OCC(=O)c2ccc3c(c2)CCC3)c(C)c1. The van der Waals surface area contributed by atoms with Crippen molar-refractivity contribution in [1.82, 2.24) is 0 Å². The number of benzene rings is 2. The van der Waals surface area contributed by atoms with Gasteiger partial charge in [-0.3, -0.25) is 4.79 Å². The number of ketones is 1. The summed E-state index contributed by atoms with van der Waals surface area (Å²) in [7, 11) is 0. The number of carbonyl (C=O) groups excluding carboxylic acids is 2. The van der Waals surface area contributed by atoms with Gasteiger partial charge < -0.3 is 4.74 Å². The fraction of sp³-hybridized carbons (Fsp3) is 0.300. The molecule has 3 rings (SSSR count). The highest BCUT2D eigenvalue weighted by Crippen LogP contribution is 2.23. The molecule has 0 amide bonds. The van der Waals surface area contributed by atoms with Crippen LogP contribution in [0.5, 0.6) is 0 Å². The summed E-state index contributed by atoms with van der Waals surface area (Å²) in [5, 5.41) is 0. The van der Waals surface area contributed by atoms with Crippen LogP contribution in [0.2, 0.25) is 0 Å². The highest BCUT2D eigenvalue weighted by atomic mass is 16.5. The second-order valence-corrected chi connectivity index (χ2v) is 6.15. The molecule has 0 N–H and O–H groups in total. The molecule has 118 valence electrons. The van der Waals surface area contributed by atoms with E-state index in [1.807, 2.05) is 44.2 Å². The van der Waals surface area contributed by atoms with Gasteiger partial charge in [0.2, 0.25) is 0 Å². The minimum absolute atomic E-state index is 0.155. The topological polar surface area (TPSA) is 43.4 Å². The molecule has 0 aliphatic heterocycles. The van der Waals surface area contributed by atoms with E-state index in [1.165, 1.54) is 11.1 Å². The third kappa shape index (κ3) is 3.34. The molecule has 3 nitrogen and oxygen atoms in total. The van der Waals surface area contributed by atoms with Crippen LogP contribution < -0.4 is 0 Å². The first-order chi connectivity index (χ1) is 11.0. The van der Waals surface area contributed by atoms with E-state index in [4.69, 9.17) is 4.74 Å². The molecule has 3 heteroatoms. The van der Waals surface area contributed by atoms with Crippen LogP contribution in [0.15, 0.2) is 36.4 Å². The molecule has 0 atom stereocenters. The Morgan fingerprint density at radius 1 is 1.00 bits per heavy atom. The van der Waals surface area contributed by atoms with Gasteiger partial charge in [0.15, 0.2) is 12.4 Å². The molecule has 0 radical (unpaired) electrons. The lowest BCUT2D eigenvalue weighted by molar-refractivity contribution is 0.0474. The molecule has 2 aromatic carbocycles. The van der Waals surface area contributed by atoms with Crippen LogP contribution in [0.1, 0.15) is 49.4 Å². The number of ether oxygens (including phenoxy) is 1. The zero-order valence-corrected chi connectivity index (χ0v) is 13.5. The molecule has 2 aromatic rings. The number of carbonyl (C=O) groups is 2. The fourth-order valence-electron chi connectivity index (χ4n) is 3.08. The van der Waals surface area contributed by atoms with Crippen LogP contribution in [-0.2, 0) is 17.6 Å². The summed E-state index contributed by atoms with van der Waals surface area (Å²) in [5.41, 5.74) is 5.66. The van der Waals surface area contributed by atoms with Crippen molar-refractivity contribution in [2.24, 2.45) is 0 Å². The maximum Gasteiger partial charge on any atom is 0.338 e. The average molecular weight is 308 g/mol.